The third-order valence-electron chi connectivity index (χ3n) is 4.61. The van der Waals surface area contributed by atoms with Crippen LogP contribution < -0.4 is 9.64 Å². The van der Waals surface area contributed by atoms with Gasteiger partial charge in [-0.05, 0) is 38.5 Å². The average molecular weight is 388 g/mol. The van der Waals surface area contributed by atoms with Crippen LogP contribution in [-0.2, 0) is 15.2 Å². The van der Waals surface area contributed by atoms with E-state index in [-0.39, 0.29) is 12.2 Å². The lowest BCUT2D eigenvalue weighted by molar-refractivity contribution is -0.141. The lowest BCUT2D eigenvalue weighted by Gasteiger charge is -2.22. The summed E-state index contributed by atoms with van der Waals surface area (Å²) in [6, 6.07) is 12.7. The molecule has 1 amide bonds. The second-order valence-electron chi connectivity index (χ2n) is 6.85. The van der Waals surface area contributed by atoms with E-state index in [1.54, 1.807) is 18.2 Å². The van der Waals surface area contributed by atoms with Crippen LogP contribution in [-0.4, -0.2) is 29.9 Å². The minimum atomic E-state index is -1.79. The summed E-state index contributed by atoms with van der Waals surface area (Å²) in [7, 11) is 0. The van der Waals surface area contributed by atoms with Crippen molar-refractivity contribution in [3.05, 3.63) is 58.6 Å². The highest BCUT2D eigenvalue weighted by molar-refractivity contribution is 6.32. The quantitative estimate of drug-likeness (QED) is 0.737. The average Bonchev–Trinajstić information content (AvgIpc) is 2.81. The van der Waals surface area contributed by atoms with Gasteiger partial charge in [-0.1, -0.05) is 41.4 Å². The number of hydrogen-bond donors (Lipinski definition) is 1. The number of aryl methyl sites for hydroxylation is 1. The molecule has 0 fully saturated rings. The molecule has 6 heteroatoms. The number of fused-ring (bicyclic) bond motifs is 1. The number of rotatable bonds is 7. The van der Waals surface area contributed by atoms with E-state index in [1.165, 1.54) is 11.8 Å². The van der Waals surface area contributed by atoms with Crippen molar-refractivity contribution in [2.45, 2.75) is 32.3 Å². The highest BCUT2D eigenvalue weighted by Crippen LogP contribution is 2.43. The number of carbonyl (C=O) groups excluding carboxylic acids is 2. The molecule has 0 saturated heterocycles. The van der Waals surface area contributed by atoms with E-state index in [1.807, 2.05) is 31.2 Å². The Hall–Kier alpha value is -2.37. The number of ketones is 1. The summed E-state index contributed by atoms with van der Waals surface area (Å²) in [4.78, 5) is 26.1. The minimum absolute atomic E-state index is 0.227. The maximum atomic E-state index is 12.9. The van der Waals surface area contributed by atoms with Crippen LogP contribution in [0.15, 0.2) is 42.5 Å². The Morgan fingerprint density at radius 2 is 2.00 bits per heavy atom. The van der Waals surface area contributed by atoms with Gasteiger partial charge < -0.3 is 14.7 Å². The van der Waals surface area contributed by atoms with Crippen molar-refractivity contribution in [3.8, 4) is 5.75 Å². The predicted molar refractivity (Wildman–Crippen MR) is 104 cm³/mol. The fourth-order valence-electron chi connectivity index (χ4n) is 3.38. The van der Waals surface area contributed by atoms with Crippen molar-refractivity contribution in [1.82, 2.24) is 0 Å². The summed E-state index contributed by atoms with van der Waals surface area (Å²) >= 11 is 6.07. The van der Waals surface area contributed by atoms with Crippen molar-refractivity contribution in [3.63, 3.8) is 0 Å². The summed E-state index contributed by atoms with van der Waals surface area (Å²) in [5, 5.41) is 11.5. The van der Waals surface area contributed by atoms with Crippen molar-refractivity contribution in [2.24, 2.45) is 0 Å². The van der Waals surface area contributed by atoms with Crippen molar-refractivity contribution >= 4 is 29.0 Å². The number of Topliss-reactive ketones (excluding diaryl/α,β-unsaturated/α-hetero) is 1. The molecule has 0 bridgehead atoms. The Morgan fingerprint density at radius 3 is 2.70 bits per heavy atom. The van der Waals surface area contributed by atoms with Crippen LogP contribution in [0.3, 0.4) is 0 Å². The lowest BCUT2D eigenvalue weighted by Crippen LogP contribution is -2.42. The van der Waals surface area contributed by atoms with Gasteiger partial charge in [0, 0.05) is 18.5 Å². The van der Waals surface area contributed by atoms with E-state index in [9.17, 15) is 14.7 Å². The van der Waals surface area contributed by atoms with E-state index in [0.717, 1.165) is 5.56 Å². The van der Waals surface area contributed by atoms with Gasteiger partial charge >= 0.3 is 0 Å². The van der Waals surface area contributed by atoms with E-state index in [2.05, 4.69) is 0 Å². The van der Waals surface area contributed by atoms with E-state index in [0.29, 0.717) is 41.6 Å². The first-order valence-electron chi connectivity index (χ1n) is 8.85. The summed E-state index contributed by atoms with van der Waals surface area (Å²) < 4.78 is 5.67. The Bertz CT molecular complexity index is 882. The molecule has 0 spiro atoms. The van der Waals surface area contributed by atoms with Crippen LogP contribution in [0.4, 0.5) is 5.69 Å². The number of benzene rings is 2. The zero-order valence-electron chi connectivity index (χ0n) is 15.4. The summed E-state index contributed by atoms with van der Waals surface area (Å²) in [5.41, 5.74) is 0.269. The van der Waals surface area contributed by atoms with Gasteiger partial charge in [-0.25, -0.2) is 0 Å². The van der Waals surface area contributed by atoms with Crippen LogP contribution in [0, 0.1) is 6.92 Å². The van der Waals surface area contributed by atoms with E-state index >= 15 is 0 Å². The number of hydrogen-bond acceptors (Lipinski definition) is 4. The fourth-order valence-corrected chi connectivity index (χ4v) is 3.57. The van der Waals surface area contributed by atoms with Gasteiger partial charge in [-0.3, -0.25) is 9.59 Å². The molecule has 0 unspecified atom stereocenters. The molecular formula is C21H22ClNO4. The van der Waals surface area contributed by atoms with Gasteiger partial charge in [0.25, 0.3) is 5.91 Å². The fraction of sp³-hybridized carbons (Fsp3) is 0.333. The van der Waals surface area contributed by atoms with Crippen LogP contribution >= 0.6 is 11.6 Å². The highest BCUT2D eigenvalue weighted by Gasteiger charge is 2.50. The Labute approximate surface area is 163 Å². The molecule has 3 rings (SSSR count). The van der Waals surface area contributed by atoms with Gasteiger partial charge in [0.05, 0.1) is 17.3 Å². The molecule has 0 aliphatic carbocycles. The van der Waals surface area contributed by atoms with Gasteiger partial charge in [-0.15, -0.1) is 0 Å². The number of ether oxygens (including phenoxy) is 1. The summed E-state index contributed by atoms with van der Waals surface area (Å²) in [6.07, 6.45) is 0.329. The number of aliphatic hydroxyl groups is 1. The number of amides is 1. The standard InChI is InChI=1S/C21H22ClNO4/c1-14-8-9-18-16(12-14)21(26,13-15(2)24)20(25)23(18)10-5-11-27-19-7-4-3-6-17(19)22/h3-4,6-9,12,26H,5,10-11,13H2,1-2H3/t21-/m1/s1. The number of nitrogens with zero attached hydrogens (tertiary/aromatic N) is 1. The molecule has 0 radical (unpaired) electrons. The smallest absolute Gasteiger partial charge is 0.264 e. The van der Waals surface area contributed by atoms with Gasteiger partial charge in [0.15, 0.2) is 5.60 Å². The molecule has 5 nitrogen and oxygen atoms in total. The molecular weight excluding hydrogens is 366 g/mol. The third kappa shape index (κ3) is 3.84. The molecule has 1 heterocycles. The van der Waals surface area contributed by atoms with E-state index in [4.69, 9.17) is 16.3 Å². The van der Waals surface area contributed by atoms with Crippen LogP contribution in [0.1, 0.15) is 30.9 Å². The largest absolute Gasteiger partial charge is 0.492 e. The minimum Gasteiger partial charge on any atom is -0.492 e. The van der Waals surface area contributed by atoms with Gasteiger partial charge in [-0.2, -0.15) is 0 Å². The topological polar surface area (TPSA) is 66.8 Å². The zero-order valence-corrected chi connectivity index (χ0v) is 16.1. The molecule has 0 aromatic heterocycles. The molecule has 0 saturated carbocycles. The predicted octanol–water partition coefficient (Wildman–Crippen LogP) is 3.63. The molecule has 1 atom stereocenters. The Morgan fingerprint density at radius 1 is 1.26 bits per heavy atom. The monoisotopic (exact) mass is 387 g/mol. The second-order valence-corrected chi connectivity index (χ2v) is 7.26. The normalized spacial score (nSPS) is 18.5. The van der Waals surface area contributed by atoms with Crippen molar-refractivity contribution < 1.29 is 19.4 Å². The molecule has 2 aromatic carbocycles. The molecule has 1 aliphatic rings. The van der Waals surface area contributed by atoms with Crippen LogP contribution in [0.5, 0.6) is 5.75 Å². The SMILES string of the molecule is CC(=O)C[C@]1(O)C(=O)N(CCCOc2ccccc2Cl)c2ccc(C)cc21. The Kier molecular flexibility index (Phi) is 5.53. The first kappa shape index (κ1) is 19.4. The van der Waals surface area contributed by atoms with E-state index < -0.39 is 11.5 Å². The lowest BCUT2D eigenvalue weighted by atomic mass is 9.89. The molecule has 2 aromatic rings. The number of halogens is 1. The zero-order chi connectivity index (χ0) is 19.6. The molecule has 142 valence electrons. The third-order valence-corrected chi connectivity index (χ3v) is 4.92. The summed E-state index contributed by atoms with van der Waals surface area (Å²) in [5.74, 6) is -0.103. The first-order chi connectivity index (χ1) is 12.8. The van der Waals surface area contributed by atoms with Gasteiger partial charge in [0.1, 0.15) is 11.5 Å². The highest BCUT2D eigenvalue weighted by atomic mass is 35.5. The number of carbonyl (C=O) groups is 2. The number of para-hydroxylation sites is 1. The van der Waals surface area contributed by atoms with Crippen LogP contribution in [0.25, 0.3) is 0 Å². The maximum Gasteiger partial charge on any atom is 0.264 e. The molecule has 1 aliphatic heterocycles. The molecule has 1 N–H and O–H groups in total. The summed E-state index contributed by atoms with van der Waals surface area (Å²) in [6.45, 7) is 4.01. The molecule has 27 heavy (non-hydrogen) atoms. The van der Waals surface area contributed by atoms with Gasteiger partial charge in [0.2, 0.25) is 0 Å². The van der Waals surface area contributed by atoms with Crippen molar-refractivity contribution in [1.29, 1.82) is 0 Å². The Balaban J connectivity index is 1.73. The maximum absolute atomic E-state index is 12.9. The second kappa shape index (κ2) is 7.71. The number of anilines is 1. The van der Waals surface area contributed by atoms with Crippen LogP contribution in [0.2, 0.25) is 5.02 Å². The van der Waals surface area contributed by atoms with Crippen molar-refractivity contribution in [2.75, 3.05) is 18.1 Å². The first-order valence-corrected chi connectivity index (χ1v) is 9.23.